The van der Waals surface area contributed by atoms with Crippen molar-refractivity contribution in [3.05, 3.63) is 30.6 Å². The Morgan fingerprint density at radius 1 is 1.42 bits per heavy atom. The molecule has 0 unspecified atom stereocenters. The maximum absolute atomic E-state index is 11.7. The Morgan fingerprint density at radius 2 is 2.16 bits per heavy atom. The van der Waals surface area contributed by atoms with Crippen LogP contribution in [0.3, 0.4) is 0 Å². The Bertz CT molecular complexity index is 694. The van der Waals surface area contributed by atoms with Gasteiger partial charge in [-0.2, -0.15) is 0 Å². The van der Waals surface area contributed by atoms with E-state index in [1.807, 2.05) is 17.8 Å². The zero-order valence-corrected chi connectivity index (χ0v) is 12.1. The molecule has 0 atom stereocenters. The minimum Gasteiger partial charge on any atom is -0.398 e. The molecule has 0 bridgehead atoms. The second-order valence-electron chi connectivity index (χ2n) is 3.83. The summed E-state index contributed by atoms with van der Waals surface area (Å²) < 4.78 is 27.5. The zero-order chi connectivity index (χ0) is 14.0. The first-order chi connectivity index (χ1) is 8.94. The summed E-state index contributed by atoms with van der Waals surface area (Å²) in [5, 5.41) is 0.809. The number of anilines is 1. The molecule has 0 saturated carbocycles. The highest BCUT2D eigenvalue weighted by Gasteiger charge is 2.15. The van der Waals surface area contributed by atoms with Crippen molar-refractivity contribution in [3.8, 4) is 0 Å². The molecule has 0 spiro atoms. The molecule has 2 rings (SSSR count). The van der Waals surface area contributed by atoms with Crippen molar-refractivity contribution in [2.75, 3.05) is 12.8 Å². The van der Waals surface area contributed by atoms with Gasteiger partial charge in [-0.25, -0.2) is 18.1 Å². The average Bonchev–Trinajstić information content (AvgIpc) is 2.75. The fraction of sp³-hybridized carbons (Fsp3) is 0.182. The minimum absolute atomic E-state index is 0.0826. The van der Waals surface area contributed by atoms with Crippen LogP contribution in [-0.4, -0.2) is 25.0 Å². The van der Waals surface area contributed by atoms with E-state index in [0.29, 0.717) is 0 Å². The van der Waals surface area contributed by atoms with E-state index in [4.69, 9.17) is 5.73 Å². The number of nitrogens with two attached hydrogens (primary N) is 1. The monoisotopic (exact) mass is 298 g/mol. The van der Waals surface area contributed by atoms with E-state index in [1.165, 1.54) is 24.9 Å². The van der Waals surface area contributed by atoms with E-state index in [9.17, 15) is 8.42 Å². The highest BCUT2D eigenvalue weighted by atomic mass is 32.2. The second-order valence-corrected chi connectivity index (χ2v) is 6.73. The summed E-state index contributed by atoms with van der Waals surface area (Å²) in [6.07, 6.45) is 3.54. The predicted molar refractivity (Wildman–Crippen MR) is 74.4 cm³/mol. The molecule has 6 nitrogen and oxygen atoms in total. The number of rotatable bonds is 4. The number of benzene rings is 1. The van der Waals surface area contributed by atoms with Crippen molar-refractivity contribution in [2.45, 2.75) is 14.9 Å². The Balaban J connectivity index is 2.32. The van der Waals surface area contributed by atoms with Gasteiger partial charge in [0.15, 0.2) is 5.16 Å². The SMILES string of the molecule is CNS(=O)(=O)c1ccc(Sc2nccn2C)cc1N. The first-order valence-electron chi connectivity index (χ1n) is 5.42. The lowest BCUT2D eigenvalue weighted by atomic mass is 10.3. The van der Waals surface area contributed by atoms with Crippen LogP contribution in [0.15, 0.2) is 45.5 Å². The van der Waals surface area contributed by atoms with Gasteiger partial charge in [0.25, 0.3) is 0 Å². The van der Waals surface area contributed by atoms with Crippen molar-refractivity contribution in [2.24, 2.45) is 7.05 Å². The number of hydrogen-bond donors (Lipinski definition) is 2. The predicted octanol–water partition coefficient (Wildman–Crippen LogP) is 1.06. The standard InChI is InChI=1S/C11H14N4O2S2/c1-13-19(16,17)10-4-3-8(7-9(10)12)18-11-14-5-6-15(11)2/h3-7,13H,12H2,1-2H3. The Morgan fingerprint density at radius 3 is 2.68 bits per heavy atom. The number of sulfonamides is 1. The van der Waals surface area contributed by atoms with Crippen LogP contribution < -0.4 is 10.5 Å². The third-order valence-corrected chi connectivity index (χ3v) is 5.08. The van der Waals surface area contributed by atoms with E-state index in [-0.39, 0.29) is 10.6 Å². The van der Waals surface area contributed by atoms with Gasteiger partial charge in [0.1, 0.15) is 4.90 Å². The topological polar surface area (TPSA) is 90.0 Å². The third kappa shape index (κ3) is 2.91. The van der Waals surface area contributed by atoms with E-state index >= 15 is 0 Å². The highest BCUT2D eigenvalue weighted by molar-refractivity contribution is 7.99. The number of nitrogens with zero attached hydrogens (tertiary/aromatic N) is 2. The van der Waals surface area contributed by atoms with Gasteiger partial charge in [0.05, 0.1) is 5.69 Å². The Labute approximate surface area is 116 Å². The summed E-state index contributed by atoms with van der Waals surface area (Å²) in [7, 11) is -0.281. The molecule has 0 radical (unpaired) electrons. The number of nitrogen functional groups attached to an aromatic ring is 1. The van der Waals surface area contributed by atoms with Crippen molar-refractivity contribution in [3.63, 3.8) is 0 Å². The molecule has 1 heterocycles. The van der Waals surface area contributed by atoms with Gasteiger partial charge in [0.2, 0.25) is 10.0 Å². The van der Waals surface area contributed by atoms with E-state index < -0.39 is 10.0 Å². The van der Waals surface area contributed by atoms with Crippen LogP contribution in [0.25, 0.3) is 0 Å². The molecule has 0 fully saturated rings. The van der Waals surface area contributed by atoms with Gasteiger partial charge in [-0.1, -0.05) is 11.8 Å². The molecule has 2 aromatic rings. The number of nitrogens with one attached hydrogen (secondary N) is 1. The van der Waals surface area contributed by atoms with Crippen LogP contribution in [0.5, 0.6) is 0 Å². The molecule has 1 aromatic heterocycles. The molecule has 3 N–H and O–H groups in total. The second kappa shape index (κ2) is 5.24. The van der Waals surface area contributed by atoms with Crippen molar-refractivity contribution in [1.82, 2.24) is 14.3 Å². The van der Waals surface area contributed by atoms with Crippen molar-refractivity contribution < 1.29 is 8.42 Å². The summed E-state index contributed by atoms with van der Waals surface area (Å²) >= 11 is 1.42. The van der Waals surface area contributed by atoms with Crippen LogP contribution in [0.4, 0.5) is 5.69 Å². The number of aryl methyl sites for hydroxylation is 1. The molecule has 8 heteroatoms. The molecule has 1 aromatic carbocycles. The summed E-state index contributed by atoms with van der Waals surface area (Å²) in [5.74, 6) is 0. The first kappa shape index (κ1) is 13.9. The molecule has 0 aliphatic heterocycles. The maximum atomic E-state index is 11.7. The quantitative estimate of drug-likeness (QED) is 0.824. The molecule has 0 saturated heterocycles. The van der Waals surface area contributed by atoms with Crippen LogP contribution in [-0.2, 0) is 17.1 Å². The number of aromatic nitrogens is 2. The summed E-state index contributed by atoms with van der Waals surface area (Å²) in [6, 6.07) is 4.83. The van der Waals surface area contributed by atoms with Crippen LogP contribution in [0, 0.1) is 0 Å². The smallest absolute Gasteiger partial charge is 0.242 e. The fourth-order valence-electron chi connectivity index (χ4n) is 1.50. The number of hydrogen-bond acceptors (Lipinski definition) is 5. The molecule has 19 heavy (non-hydrogen) atoms. The van der Waals surface area contributed by atoms with Gasteiger partial charge in [-0.05, 0) is 25.2 Å². The van der Waals surface area contributed by atoms with Gasteiger partial charge in [-0.15, -0.1) is 0 Å². The van der Waals surface area contributed by atoms with Crippen LogP contribution in [0.1, 0.15) is 0 Å². The summed E-state index contributed by atoms with van der Waals surface area (Å²) in [5.41, 5.74) is 6.01. The van der Waals surface area contributed by atoms with Gasteiger partial charge in [-0.3, -0.25) is 0 Å². The molecule has 102 valence electrons. The fourth-order valence-corrected chi connectivity index (χ4v) is 3.19. The molecule has 0 aliphatic carbocycles. The Kier molecular flexibility index (Phi) is 3.83. The molecule has 0 amide bonds. The average molecular weight is 298 g/mol. The lowest BCUT2D eigenvalue weighted by molar-refractivity contribution is 0.588. The summed E-state index contributed by atoms with van der Waals surface area (Å²) in [4.78, 5) is 5.10. The zero-order valence-electron chi connectivity index (χ0n) is 10.5. The third-order valence-electron chi connectivity index (χ3n) is 2.53. The van der Waals surface area contributed by atoms with Crippen LogP contribution >= 0.6 is 11.8 Å². The normalized spacial score (nSPS) is 11.7. The minimum atomic E-state index is -3.52. The van der Waals surface area contributed by atoms with Crippen molar-refractivity contribution >= 4 is 27.5 Å². The largest absolute Gasteiger partial charge is 0.398 e. The van der Waals surface area contributed by atoms with E-state index in [1.54, 1.807) is 18.3 Å². The molecular formula is C11H14N4O2S2. The Hall–Kier alpha value is -1.51. The lowest BCUT2D eigenvalue weighted by Gasteiger charge is -2.08. The van der Waals surface area contributed by atoms with Gasteiger partial charge < -0.3 is 10.3 Å². The highest BCUT2D eigenvalue weighted by Crippen LogP contribution is 2.29. The first-order valence-corrected chi connectivity index (χ1v) is 7.72. The van der Waals surface area contributed by atoms with E-state index in [2.05, 4.69) is 9.71 Å². The lowest BCUT2D eigenvalue weighted by Crippen LogP contribution is -2.19. The van der Waals surface area contributed by atoms with Gasteiger partial charge in [0, 0.05) is 24.3 Å². The van der Waals surface area contributed by atoms with Gasteiger partial charge >= 0.3 is 0 Å². The maximum Gasteiger partial charge on any atom is 0.242 e. The number of imidazole rings is 1. The molecule has 0 aliphatic rings. The molecular weight excluding hydrogens is 284 g/mol. The van der Waals surface area contributed by atoms with E-state index in [0.717, 1.165) is 10.1 Å². The van der Waals surface area contributed by atoms with Crippen molar-refractivity contribution in [1.29, 1.82) is 0 Å². The summed E-state index contributed by atoms with van der Waals surface area (Å²) in [6.45, 7) is 0. The van der Waals surface area contributed by atoms with Crippen LogP contribution in [0.2, 0.25) is 0 Å².